The van der Waals surface area contributed by atoms with Crippen molar-refractivity contribution < 1.29 is 20.4 Å². The molecule has 0 spiro atoms. The van der Waals surface area contributed by atoms with Gasteiger partial charge in [0, 0.05) is 5.41 Å². The highest BCUT2D eigenvalue weighted by atomic mass is 16.3. The molecule has 0 aliphatic heterocycles. The van der Waals surface area contributed by atoms with E-state index in [4.69, 9.17) is 0 Å². The van der Waals surface area contributed by atoms with Crippen molar-refractivity contribution in [2.45, 2.75) is 83.0 Å². The molecule has 1 aliphatic carbocycles. The van der Waals surface area contributed by atoms with Crippen LogP contribution in [0.4, 0.5) is 0 Å². The summed E-state index contributed by atoms with van der Waals surface area (Å²) in [6.07, 6.45) is 12.5. The maximum absolute atomic E-state index is 10.3. The third kappa shape index (κ3) is 7.30. The van der Waals surface area contributed by atoms with Gasteiger partial charge >= 0.3 is 0 Å². The second kappa shape index (κ2) is 14.5. The molecule has 0 amide bonds. The molecular weight excluding hydrogens is 544 g/mol. The van der Waals surface area contributed by atoms with Gasteiger partial charge in [-0.15, -0.1) is 0 Å². The van der Waals surface area contributed by atoms with E-state index < -0.39 is 0 Å². The average Bonchev–Trinajstić information content (AvgIpc) is 3.03. The Hall–Kier alpha value is -4.18. The van der Waals surface area contributed by atoms with E-state index in [0.29, 0.717) is 0 Å². The minimum atomic E-state index is -0.349. The molecule has 44 heavy (non-hydrogen) atoms. The average molecular weight is 591 g/mol. The van der Waals surface area contributed by atoms with Gasteiger partial charge < -0.3 is 20.4 Å². The van der Waals surface area contributed by atoms with Crippen LogP contribution in [-0.2, 0) is 5.41 Å². The third-order valence-electron chi connectivity index (χ3n) is 9.75. The smallest absolute Gasteiger partial charge is 0.115 e. The summed E-state index contributed by atoms with van der Waals surface area (Å²) in [4.78, 5) is 0. The Labute approximate surface area is 262 Å². The zero-order chi connectivity index (χ0) is 30.9. The first kappa shape index (κ1) is 31.3. The molecule has 1 aliphatic rings. The van der Waals surface area contributed by atoms with Crippen LogP contribution in [0.3, 0.4) is 0 Å². The van der Waals surface area contributed by atoms with E-state index in [0.717, 1.165) is 48.8 Å². The molecular formula is C40H46O4. The summed E-state index contributed by atoms with van der Waals surface area (Å²) in [7, 11) is 0. The van der Waals surface area contributed by atoms with Gasteiger partial charge in [0.1, 0.15) is 23.0 Å². The summed E-state index contributed by atoms with van der Waals surface area (Å²) in [6, 6.07) is 30.6. The molecule has 1 atom stereocenters. The standard InChI is InChI=1S/C40H46O4/c1-29(30-11-19-35(41)20-12-30)39(31-13-21-36(42)22-14-31)28-34-10-8-6-4-2-3-5-7-9-27-40(34,32-15-23-37(43)24-16-32)33-17-25-38(44)26-18-33/h11-26,34,41-44H,2-10,27-28H2,1H3/b39-29+. The molecule has 1 unspecified atom stereocenters. The molecule has 1 fully saturated rings. The maximum atomic E-state index is 10.3. The van der Waals surface area contributed by atoms with E-state index in [-0.39, 0.29) is 34.3 Å². The van der Waals surface area contributed by atoms with Gasteiger partial charge in [-0.05, 0) is 114 Å². The quantitative estimate of drug-likeness (QED) is 0.168. The molecule has 4 aromatic carbocycles. The van der Waals surface area contributed by atoms with Crippen molar-refractivity contribution in [3.8, 4) is 23.0 Å². The summed E-state index contributed by atoms with van der Waals surface area (Å²) >= 11 is 0. The summed E-state index contributed by atoms with van der Waals surface area (Å²) in [5.41, 5.74) is 6.52. The lowest BCUT2D eigenvalue weighted by Crippen LogP contribution is -2.37. The lowest BCUT2D eigenvalue weighted by Gasteiger charge is -2.44. The first-order valence-corrected chi connectivity index (χ1v) is 16.2. The number of allylic oxidation sites excluding steroid dienone is 2. The molecule has 1 saturated carbocycles. The van der Waals surface area contributed by atoms with Crippen molar-refractivity contribution in [1.82, 2.24) is 0 Å². The molecule has 0 bridgehead atoms. The van der Waals surface area contributed by atoms with Gasteiger partial charge in [-0.3, -0.25) is 0 Å². The van der Waals surface area contributed by atoms with Crippen LogP contribution in [0.1, 0.15) is 99.8 Å². The predicted octanol–water partition coefficient (Wildman–Crippen LogP) is 10.3. The van der Waals surface area contributed by atoms with Crippen molar-refractivity contribution >= 4 is 11.1 Å². The topological polar surface area (TPSA) is 80.9 Å². The largest absolute Gasteiger partial charge is 0.508 e. The van der Waals surface area contributed by atoms with Gasteiger partial charge in [0.05, 0.1) is 0 Å². The van der Waals surface area contributed by atoms with E-state index >= 15 is 0 Å². The van der Waals surface area contributed by atoms with Crippen LogP contribution in [0.15, 0.2) is 97.1 Å². The second-order valence-electron chi connectivity index (χ2n) is 12.5. The number of rotatable bonds is 6. The Kier molecular flexibility index (Phi) is 10.3. The van der Waals surface area contributed by atoms with Crippen molar-refractivity contribution in [3.63, 3.8) is 0 Å². The van der Waals surface area contributed by atoms with E-state index in [9.17, 15) is 20.4 Å². The third-order valence-corrected chi connectivity index (χ3v) is 9.75. The molecule has 0 radical (unpaired) electrons. The van der Waals surface area contributed by atoms with Crippen molar-refractivity contribution in [2.75, 3.05) is 0 Å². The van der Waals surface area contributed by atoms with Gasteiger partial charge in [0.25, 0.3) is 0 Å². The zero-order valence-corrected chi connectivity index (χ0v) is 25.9. The first-order valence-electron chi connectivity index (χ1n) is 16.2. The minimum Gasteiger partial charge on any atom is -0.508 e. The Morgan fingerprint density at radius 3 is 1.39 bits per heavy atom. The summed E-state index contributed by atoms with van der Waals surface area (Å²) < 4.78 is 0. The summed E-state index contributed by atoms with van der Waals surface area (Å²) in [6.45, 7) is 2.16. The second-order valence-corrected chi connectivity index (χ2v) is 12.5. The highest BCUT2D eigenvalue weighted by molar-refractivity contribution is 5.90. The molecule has 4 heteroatoms. The van der Waals surface area contributed by atoms with Crippen LogP contribution in [0.2, 0.25) is 0 Å². The number of phenols is 4. The molecule has 230 valence electrons. The Morgan fingerprint density at radius 2 is 0.909 bits per heavy atom. The van der Waals surface area contributed by atoms with Crippen LogP contribution >= 0.6 is 0 Å². The summed E-state index contributed by atoms with van der Waals surface area (Å²) in [5, 5.41) is 40.8. The lowest BCUT2D eigenvalue weighted by atomic mass is 9.59. The number of hydrogen-bond acceptors (Lipinski definition) is 4. The van der Waals surface area contributed by atoms with E-state index in [1.807, 2.05) is 48.5 Å². The van der Waals surface area contributed by atoms with Gasteiger partial charge in [-0.25, -0.2) is 0 Å². The van der Waals surface area contributed by atoms with Crippen molar-refractivity contribution in [1.29, 1.82) is 0 Å². The van der Waals surface area contributed by atoms with Crippen LogP contribution in [0.25, 0.3) is 11.1 Å². The van der Waals surface area contributed by atoms with Gasteiger partial charge in [0.15, 0.2) is 0 Å². The van der Waals surface area contributed by atoms with E-state index in [1.54, 1.807) is 24.3 Å². The molecule has 4 aromatic rings. The highest BCUT2D eigenvalue weighted by Crippen LogP contribution is 2.51. The van der Waals surface area contributed by atoms with Crippen molar-refractivity contribution in [2.24, 2.45) is 5.92 Å². The minimum absolute atomic E-state index is 0.215. The number of hydrogen-bond donors (Lipinski definition) is 4. The summed E-state index contributed by atoms with van der Waals surface area (Å²) in [5.74, 6) is 1.21. The molecule has 4 N–H and O–H groups in total. The molecule has 4 nitrogen and oxygen atoms in total. The molecule has 5 rings (SSSR count). The highest BCUT2D eigenvalue weighted by Gasteiger charge is 2.42. The Morgan fingerprint density at radius 1 is 0.523 bits per heavy atom. The molecule has 0 heterocycles. The van der Waals surface area contributed by atoms with Gasteiger partial charge in [-0.2, -0.15) is 0 Å². The molecule has 0 saturated heterocycles. The number of phenolic OH excluding ortho intramolecular Hbond substituents is 4. The fraction of sp³-hybridized carbons (Fsp3) is 0.350. The maximum Gasteiger partial charge on any atom is 0.115 e. The SMILES string of the molecule is C/C(=C(/CC1CCCCCCCCCCC1(c1ccc(O)cc1)c1ccc(O)cc1)c1ccc(O)cc1)c1ccc(O)cc1. The van der Waals surface area contributed by atoms with Crippen LogP contribution in [0, 0.1) is 5.92 Å². The van der Waals surface area contributed by atoms with E-state index in [2.05, 4.69) is 31.2 Å². The lowest BCUT2D eigenvalue weighted by molar-refractivity contribution is 0.266. The first-order chi connectivity index (χ1) is 21.4. The fourth-order valence-electron chi connectivity index (χ4n) is 7.31. The molecule has 0 aromatic heterocycles. The van der Waals surface area contributed by atoms with Crippen molar-refractivity contribution in [3.05, 3.63) is 119 Å². The van der Waals surface area contributed by atoms with Crippen LogP contribution in [-0.4, -0.2) is 20.4 Å². The van der Waals surface area contributed by atoms with Gasteiger partial charge in [0.2, 0.25) is 0 Å². The zero-order valence-electron chi connectivity index (χ0n) is 25.9. The van der Waals surface area contributed by atoms with Crippen LogP contribution < -0.4 is 0 Å². The van der Waals surface area contributed by atoms with Gasteiger partial charge in [-0.1, -0.05) is 99.9 Å². The fourth-order valence-corrected chi connectivity index (χ4v) is 7.31. The Balaban J connectivity index is 1.72. The monoisotopic (exact) mass is 590 g/mol. The normalized spacial score (nSPS) is 18.4. The predicted molar refractivity (Wildman–Crippen MR) is 180 cm³/mol. The number of aromatic hydroxyl groups is 4. The Bertz CT molecular complexity index is 1450. The van der Waals surface area contributed by atoms with Crippen LogP contribution in [0.5, 0.6) is 23.0 Å². The number of benzene rings is 4. The van der Waals surface area contributed by atoms with E-state index in [1.165, 1.54) is 55.2 Å².